The van der Waals surface area contributed by atoms with Crippen molar-refractivity contribution in [2.45, 2.75) is 13.8 Å². The van der Waals surface area contributed by atoms with Crippen molar-refractivity contribution in [2.24, 2.45) is 0 Å². The minimum absolute atomic E-state index is 0. The Morgan fingerprint density at radius 1 is 1.10 bits per heavy atom. The topological polar surface area (TPSA) is 20.2 Å². The normalized spacial score (nSPS) is 8.60. The summed E-state index contributed by atoms with van der Waals surface area (Å²) in [5.74, 6) is 0.414. The van der Waals surface area contributed by atoms with E-state index in [1.165, 1.54) is 0 Å². The maximum Gasteiger partial charge on any atom is 0.121 e. The van der Waals surface area contributed by atoms with Crippen LogP contribution in [-0.4, -0.2) is 5.11 Å². The van der Waals surface area contributed by atoms with Crippen molar-refractivity contribution in [3.05, 3.63) is 29.3 Å². The van der Waals surface area contributed by atoms with Crippen LogP contribution in [0, 0.1) is 13.8 Å². The van der Waals surface area contributed by atoms with Crippen molar-refractivity contribution in [2.75, 3.05) is 0 Å². The fourth-order valence-corrected chi connectivity index (χ4v) is 0.806. The second kappa shape index (κ2) is 3.65. The number of benzene rings is 1. The molecule has 1 N–H and O–H groups in total. The van der Waals surface area contributed by atoms with Gasteiger partial charge >= 0.3 is 0 Å². The SMILES string of the molecule is Cc1cccc(C)c1O.[Cu]. The number of rotatable bonds is 0. The van der Waals surface area contributed by atoms with Gasteiger partial charge in [0.25, 0.3) is 0 Å². The molecule has 1 aromatic carbocycles. The van der Waals surface area contributed by atoms with Crippen LogP contribution < -0.4 is 0 Å². The van der Waals surface area contributed by atoms with Crippen LogP contribution in [-0.2, 0) is 17.1 Å². The zero-order chi connectivity index (χ0) is 6.85. The summed E-state index contributed by atoms with van der Waals surface area (Å²) in [6, 6.07) is 5.72. The van der Waals surface area contributed by atoms with E-state index >= 15 is 0 Å². The molecule has 1 rings (SSSR count). The maximum absolute atomic E-state index is 9.21. The van der Waals surface area contributed by atoms with Crippen molar-refractivity contribution in [1.29, 1.82) is 0 Å². The monoisotopic (exact) mass is 185 g/mol. The van der Waals surface area contributed by atoms with Gasteiger partial charge in [-0.05, 0) is 25.0 Å². The summed E-state index contributed by atoms with van der Waals surface area (Å²) < 4.78 is 0. The third-order valence-electron chi connectivity index (χ3n) is 1.44. The van der Waals surface area contributed by atoms with Gasteiger partial charge in [0, 0.05) is 17.1 Å². The number of phenolic OH excluding ortho intramolecular Hbond substituents is 1. The van der Waals surface area contributed by atoms with Gasteiger partial charge in [-0.1, -0.05) is 18.2 Å². The fraction of sp³-hybridized carbons (Fsp3) is 0.250. The Labute approximate surface area is 71.6 Å². The molecule has 1 aromatic rings. The summed E-state index contributed by atoms with van der Waals surface area (Å²) in [5.41, 5.74) is 1.88. The molecule has 0 heterocycles. The first-order chi connectivity index (χ1) is 4.22. The maximum atomic E-state index is 9.21. The Kier molecular flexibility index (Phi) is 3.48. The molecule has 0 spiro atoms. The molecule has 1 radical (unpaired) electrons. The van der Waals surface area contributed by atoms with Gasteiger partial charge < -0.3 is 5.11 Å². The number of hydrogen-bond acceptors (Lipinski definition) is 1. The van der Waals surface area contributed by atoms with Gasteiger partial charge in [0.2, 0.25) is 0 Å². The van der Waals surface area contributed by atoms with E-state index < -0.39 is 0 Å². The number of para-hydroxylation sites is 1. The van der Waals surface area contributed by atoms with E-state index in [0.29, 0.717) is 5.75 Å². The molecule has 2 heteroatoms. The van der Waals surface area contributed by atoms with E-state index in [-0.39, 0.29) is 17.1 Å². The van der Waals surface area contributed by atoms with Gasteiger partial charge in [-0.2, -0.15) is 0 Å². The number of hydrogen-bond donors (Lipinski definition) is 1. The zero-order valence-corrected chi connectivity index (χ0v) is 6.92. The summed E-state index contributed by atoms with van der Waals surface area (Å²) in [4.78, 5) is 0. The molecule has 0 atom stereocenters. The minimum atomic E-state index is 0. The molecule has 0 saturated carbocycles. The predicted molar refractivity (Wildman–Crippen MR) is 37.6 cm³/mol. The van der Waals surface area contributed by atoms with Crippen LogP contribution in [0.2, 0.25) is 0 Å². The van der Waals surface area contributed by atoms with Crippen molar-refractivity contribution < 1.29 is 22.2 Å². The molecule has 0 bridgehead atoms. The standard InChI is InChI=1S/C8H10O.Cu/c1-6-4-3-5-7(2)8(6)9;/h3-5,9H,1-2H3;. The summed E-state index contributed by atoms with van der Waals surface area (Å²) in [7, 11) is 0. The predicted octanol–water partition coefficient (Wildman–Crippen LogP) is 2.01. The quantitative estimate of drug-likeness (QED) is 0.614. The molecular weight excluding hydrogens is 176 g/mol. The summed E-state index contributed by atoms with van der Waals surface area (Å²) in [5, 5.41) is 9.21. The number of phenols is 1. The molecule has 59 valence electrons. The van der Waals surface area contributed by atoms with E-state index in [2.05, 4.69) is 0 Å². The van der Waals surface area contributed by atoms with Gasteiger partial charge in [-0.25, -0.2) is 0 Å². The Morgan fingerprint density at radius 2 is 1.50 bits per heavy atom. The first-order valence-electron chi connectivity index (χ1n) is 2.97. The van der Waals surface area contributed by atoms with Gasteiger partial charge in [-0.15, -0.1) is 0 Å². The van der Waals surface area contributed by atoms with Crippen LogP contribution in [0.1, 0.15) is 11.1 Å². The molecular formula is C8H10CuO. The molecule has 0 unspecified atom stereocenters. The number of aryl methyl sites for hydroxylation is 2. The molecule has 0 aromatic heterocycles. The smallest absolute Gasteiger partial charge is 0.121 e. The second-order valence-electron chi connectivity index (χ2n) is 2.24. The van der Waals surface area contributed by atoms with Crippen LogP contribution in [0.25, 0.3) is 0 Å². The average Bonchev–Trinajstić information content (AvgIpc) is 1.83. The van der Waals surface area contributed by atoms with Gasteiger partial charge in [0.05, 0.1) is 0 Å². The molecule has 0 aliphatic rings. The van der Waals surface area contributed by atoms with E-state index in [0.717, 1.165) is 11.1 Å². The fourth-order valence-electron chi connectivity index (χ4n) is 0.806. The van der Waals surface area contributed by atoms with Crippen molar-refractivity contribution >= 4 is 0 Å². The summed E-state index contributed by atoms with van der Waals surface area (Å²) >= 11 is 0. The average molecular weight is 186 g/mol. The first-order valence-corrected chi connectivity index (χ1v) is 2.97. The number of aromatic hydroxyl groups is 1. The van der Waals surface area contributed by atoms with Crippen LogP contribution in [0.4, 0.5) is 0 Å². The van der Waals surface area contributed by atoms with E-state index in [9.17, 15) is 5.11 Å². The van der Waals surface area contributed by atoms with E-state index in [1.807, 2.05) is 32.0 Å². The van der Waals surface area contributed by atoms with E-state index in [1.54, 1.807) is 0 Å². The van der Waals surface area contributed by atoms with Crippen LogP contribution >= 0.6 is 0 Å². The Hall–Kier alpha value is -0.461. The Bertz CT molecular complexity index is 200. The Morgan fingerprint density at radius 3 is 1.80 bits per heavy atom. The third kappa shape index (κ3) is 1.76. The first kappa shape index (κ1) is 9.54. The molecule has 10 heavy (non-hydrogen) atoms. The molecule has 0 aliphatic heterocycles. The van der Waals surface area contributed by atoms with Crippen molar-refractivity contribution in [1.82, 2.24) is 0 Å². The molecule has 0 saturated heterocycles. The Balaban J connectivity index is 0.000000810. The van der Waals surface area contributed by atoms with Crippen molar-refractivity contribution in [3.8, 4) is 5.75 Å². The zero-order valence-electron chi connectivity index (χ0n) is 5.98. The molecule has 0 amide bonds. The van der Waals surface area contributed by atoms with Crippen LogP contribution in [0.3, 0.4) is 0 Å². The molecule has 0 fully saturated rings. The largest absolute Gasteiger partial charge is 0.507 e. The van der Waals surface area contributed by atoms with E-state index in [4.69, 9.17) is 0 Å². The molecule has 0 aliphatic carbocycles. The molecule has 1 nitrogen and oxygen atoms in total. The minimum Gasteiger partial charge on any atom is -0.507 e. The second-order valence-corrected chi connectivity index (χ2v) is 2.24. The summed E-state index contributed by atoms with van der Waals surface area (Å²) in [6.45, 7) is 3.78. The van der Waals surface area contributed by atoms with Crippen LogP contribution in [0.15, 0.2) is 18.2 Å². The van der Waals surface area contributed by atoms with Gasteiger partial charge in [0.1, 0.15) is 5.75 Å². The van der Waals surface area contributed by atoms with Crippen molar-refractivity contribution in [3.63, 3.8) is 0 Å². The van der Waals surface area contributed by atoms with Gasteiger partial charge in [0.15, 0.2) is 0 Å². The summed E-state index contributed by atoms with van der Waals surface area (Å²) in [6.07, 6.45) is 0. The van der Waals surface area contributed by atoms with Gasteiger partial charge in [-0.3, -0.25) is 0 Å². The third-order valence-corrected chi connectivity index (χ3v) is 1.44. The van der Waals surface area contributed by atoms with Crippen LogP contribution in [0.5, 0.6) is 5.75 Å².